The van der Waals surface area contributed by atoms with Crippen LogP contribution in [0, 0.1) is 0 Å². The molecule has 0 bridgehead atoms. The van der Waals surface area contributed by atoms with Gasteiger partial charge in [-0.2, -0.15) is 10.1 Å². The molecule has 7 heteroatoms. The third kappa shape index (κ3) is 3.03. The lowest BCUT2D eigenvalue weighted by atomic mass is 10.2. The third-order valence-corrected chi connectivity index (χ3v) is 3.49. The van der Waals surface area contributed by atoms with Gasteiger partial charge in [-0.1, -0.05) is 5.16 Å². The van der Waals surface area contributed by atoms with Crippen LogP contribution in [0.4, 0.5) is 0 Å². The summed E-state index contributed by atoms with van der Waals surface area (Å²) in [4.78, 5) is 4.32. The zero-order valence-electron chi connectivity index (χ0n) is 11.9. The van der Waals surface area contributed by atoms with Gasteiger partial charge in [-0.05, 0) is 26.0 Å². The van der Waals surface area contributed by atoms with Crippen LogP contribution in [0.25, 0.3) is 11.4 Å². The van der Waals surface area contributed by atoms with Gasteiger partial charge in [0, 0.05) is 18.4 Å². The van der Waals surface area contributed by atoms with Gasteiger partial charge in [0.2, 0.25) is 11.7 Å². The molecule has 21 heavy (non-hydrogen) atoms. The van der Waals surface area contributed by atoms with Crippen LogP contribution in [-0.2, 0) is 6.54 Å². The first kappa shape index (κ1) is 13.6. The van der Waals surface area contributed by atoms with Crippen molar-refractivity contribution in [2.45, 2.75) is 32.5 Å². The summed E-state index contributed by atoms with van der Waals surface area (Å²) in [6, 6.07) is 4.16. The predicted molar refractivity (Wildman–Crippen MR) is 75.2 cm³/mol. The number of hydrogen-bond acceptors (Lipinski definition) is 6. The Kier molecular flexibility index (Phi) is 3.83. The van der Waals surface area contributed by atoms with Crippen LogP contribution in [-0.4, -0.2) is 26.0 Å². The fraction of sp³-hybridized carbons (Fsp3) is 0.357. The monoisotopic (exact) mass is 287 g/mol. The molecule has 110 valence electrons. The van der Waals surface area contributed by atoms with Gasteiger partial charge >= 0.3 is 0 Å². The highest BCUT2D eigenvalue weighted by Gasteiger charge is 2.15. The minimum atomic E-state index is 0.217. The van der Waals surface area contributed by atoms with E-state index in [9.17, 15) is 0 Å². The average molecular weight is 287 g/mol. The molecule has 0 saturated carbocycles. The second-order valence-electron chi connectivity index (χ2n) is 4.92. The minimum absolute atomic E-state index is 0.217. The van der Waals surface area contributed by atoms with Gasteiger partial charge in [-0.15, -0.1) is 0 Å². The largest absolute Gasteiger partial charge is 0.472 e. The fourth-order valence-corrected chi connectivity index (χ4v) is 2.01. The maximum Gasteiger partial charge on any atom is 0.240 e. The molecule has 0 saturated heterocycles. The fourth-order valence-electron chi connectivity index (χ4n) is 2.01. The summed E-state index contributed by atoms with van der Waals surface area (Å²) >= 11 is 0. The Balaban J connectivity index is 1.58. The topological polar surface area (TPSA) is 81.9 Å². The third-order valence-electron chi connectivity index (χ3n) is 3.49. The highest BCUT2D eigenvalue weighted by Crippen LogP contribution is 2.16. The molecule has 0 spiro atoms. The van der Waals surface area contributed by atoms with Crippen LogP contribution in [0.3, 0.4) is 0 Å². The van der Waals surface area contributed by atoms with Gasteiger partial charge in [0.05, 0.1) is 24.4 Å². The van der Waals surface area contributed by atoms with Crippen LogP contribution in [0.5, 0.6) is 0 Å². The number of hydrogen-bond donors (Lipinski definition) is 1. The van der Waals surface area contributed by atoms with E-state index in [0.29, 0.717) is 18.3 Å². The second-order valence-corrected chi connectivity index (χ2v) is 4.92. The maximum absolute atomic E-state index is 5.22. The summed E-state index contributed by atoms with van der Waals surface area (Å²) in [5, 5.41) is 11.5. The molecule has 0 unspecified atom stereocenters. The van der Waals surface area contributed by atoms with E-state index in [4.69, 9.17) is 8.94 Å². The van der Waals surface area contributed by atoms with Crippen molar-refractivity contribution < 1.29 is 8.94 Å². The molecule has 3 rings (SSSR count). The van der Waals surface area contributed by atoms with E-state index < -0.39 is 0 Å². The van der Waals surface area contributed by atoms with Gasteiger partial charge in [0.25, 0.3) is 0 Å². The van der Waals surface area contributed by atoms with E-state index in [2.05, 4.69) is 34.4 Å². The lowest BCUT2D eigenvalue weighted by Crippen LogP contribution is -2.33. The zero-order chi connectivity index (χ0) is 14.7. The van der Waals surface area contributed by atoms with Crippen molar-refractivity contribution in [2.75, 3.05) is 0 Å². The Labute approximate surface area is 122 Å². The van der Waals surface area contributed by atoms with Crippen LogP contribution in [0.2, 0.25) is 0 Å². The lowest BCUT2D eigenvalue weighted by Gasteiger charge is -2.20. The van der Waals surface area contributed by atoms with Crippen molar-refractivity contribution in [3.8, 4) is 11.4 Å². The Hall–Kier alpha value is -2.41. The van der Waals surface area contributed by atoms with Crippen molar-refractivity contribution in [3.63, 3.8) is 0 Å². The molecule has 0 aliphatic heterocycles. The standard InChI is InChI=1S/C14H17N5O2/c1-10(11(2)19-6-3-5-16-19)15-8-13-17-14(18-21-13)12-4-7-20-9-12/h3-7,9-11,15H,8H2,1-2H3/t10-,11+/m1/s1. The number of nitrogens with zero attached hydrogens (tertiary/aromatic N) is 4. The molecule has 3 aromatic rings. The number of furan rings is 1. The van der Waals surface area contributed by atoms with Crippen molar-refractivity contribution in [2.24, 2.45) is 0 Å². The van der Waals surface area contributed by atoms with E-state index in [0.717, 1.165) is 5.56 Å². The minimum Gasteiger partial charge on any atom is -0.472 e. The van der Waals surface area contributed by atoms with E-state index in [1.165, 1.54) is 0 Å². The average Bonchev–Trinajstić information content (AvgIpc) is 3.25. The second kappa shape index (κ2) is 5.92. The van der Waals surface area contributed by atoms with Gasteiger partial charge < -0.3 is 14.3 Å². The first-order valence-corrected chi connectivity index (χ1v) is 6.81. The SMILES string of the molecule is C[C@@H](NCc1nc(-c2ccoc2)no1)[C@H](C)n1cccn1. The van der Waals surface area contributed by atoms with E-state index in [1.54, 1.807) is 24.8 Å². The number of rotatable bonds is 6. The molecule has 0 radical (unpaired) electrons. The highest BCUT2D eigenvalue weighted by molar-refractivity contribution is 5.51. The highest BCUT2D eigenvalue weighted by atomic mass is 16.5. The number of nitrogens with one attached hydrogen (secondary N) is 1. The summed E-state index contributed by atoms with van der Waals surface area (Å²) in [5.41, 5.74) is 0.808. The Morgan fingerprint density at radius 3 is 3.00 bits per heavy atom. The van der Waals surface area contributed by atoms with Crippen LogP contribution >= 0.6 is 0 Å². The first-order valence-electron chi connectivity index (χ1n) is 6.81. The van der Waals surface area contributed by atoms with Crippen molar-refractivity contribution in [1.82, 2.24) is 25.2 Å². The molecule has 2 atom stereocenters. The van der Waals surface area contributed by atoms with Gasteiger partial charge in [0.1, 0.15) is 6.26 Å². The quantitative estimate of drug-likeness (QED) is 0.749. The normalized spacial score (nSPS) is 14.2. The first-order chi connectivity index (χ1) is 10.2. The molecule has 0 aromatic carbocycles. The molecule has 3 heterocycles. The molecule has 0 fully saturated rings. The maximum atomic E-state index is 5.22. The van der Waals surface area contributed by atoms with Gasteiger partial charge in [-0.25, -0.2) is 0 Å². The Bertz CT molecular complexity index is 659. The molecular formula is C14H17N5O2. The molecule has 0 aliphatic rings. The van der Waals surface area contributed by atoms with Crippen LogP contribution in [0.15, 0.2) is 46.0 Å². The van der Waals surface area contributed by atoms with Crippen LogP contribution < -0.4 is 5.32 Å². The van der Waals surface area contributed by atoms with Crippen molar-refractivity contribution >= 4 is 0 Å². The van der Waals surface area contributed by atoms with Gasteiger partial charge in [0.15, 0.2) is 0 Å². The van der Waals surface area contributed by atoms with Crippen LogP contribution in [0.1, 0.15) is 25.8 Å². The molecule has 7 nitrogen and oxygen atoms in total. The van der Waals surface area contributed by atoms with E-state index in [1.807, 2.05) is 16.9 Å². The summed E-state index contributed by atoms with van der Waals surface area (Å²) in [5.74, 6) is 1.08. The van der Waals surface area contributed by atoms with Crippen molar-refractivity contribution in [1.29, 1.82) is 0 Å². The molecule has 0 amide bonds. The lowest BCUT2D eigenvalue weighted by molar-refractivity contribution is 0.325. The summed E-state index contributed by atoms with van der Waals surface area (Å²) in [6.07, 6.45) is 6.90. The molecule has 3 aromatic heterocycles. The summed E-state index contributed by atoms with van der Waals surface area (Å²) in [6.45, 7) is 4.71. The van der Waals surface area contributed by atoms with Gasteiger partial charge in [-0.3, -0.25) is 4.68 Å². The summed E-state index contributed by atoms with van der Waals surface area (Å²) < 4.78 is 12.1. The van der Waals surface area contributed by atoms with Crippen molar-refractivity contribution in [3.05, 3.63) is 42.9 Å². The molecular weight excluding hydrogens is 270 g/mol. The predicted octanol–water partition coefficient (Wildman–Crippen LogP) is 2.27. The zero-order valence-corrected chi connectivity index (χ0v) is 11.9. The molecule has 1 N–H and O–H groups in total. The van der Waals surface area contributed by atoms with E-state index >= 15 is 0 Å². The molecule has 0 aliphatic carbocycles. The Morgan fingerprint density at radius 1 is 1.38 bits per heavy atom. The smallest absolute Gasteiger partial charge is 0.240 e. The number of aromatic nitrogens is 4. The summed E-state index contributed by atoms with van der Waals surface area (Å²) in [7, 11) is 0. The Morgan fingerprint density at radius 2 is 2.29 bits per heavy atom. The van der Waals surface area contributed by atoms with E-state index in [-0.39, 0.29) is 12.1 Å².